The van der Waals surface area contributed by atoms with Crippen LogP contribution in [0.2, 0.25) is 0 Å². The molecule has 0 spiro atoms. The number of fused-ring (bicyclic) bond motifs is 2. The molecule has 8 N–H and O–H groups in total. The largest absolute Gasteiger partial charge is 0.497 e. The average Bonchev–Trinajstić information content (AvgIpc) is 4.04. The van der Waals surface area contributed by atoms with Crippen LogP contribution < -0.4 is 31.6 Å². The van der Waals surface area contributed by atoms with Crippen LogP contribution in [0.5, 0.6) is 11.5 Å². The van der Waals surface area contributed by atoms with E-state index in [1.807, 2.05) is 158 Å². The Labute approximate surface area is 447 Å². The molecule has 0 radical (unpaired) electrons. The SMILES string of the molecule is C=CCN(C(=O)OCc1ccccc1)[C@@H]1C[C@H](NC[C@@H](O)[C@@H](N)Cc2ccccc2)c2cc(OC)ccc21.C=CCN(C(=O)OCc1ccccc1)[C@H]1C[C@@H](NC[C@@H](O)[C@@H](N)Cc2ccccc2)c2cc(OC)ccc21. The molecule has 0 aromatic heterocycles. The second-order valence-electron chi connectivity index (χ2n) is 19.2. The molecule has 14 nitrogen and oxygen atoms in total. The fourth-order valence-corrected chi connectivity index (χ4v) is 9.92. The molecule has 2 aliphatic rings. The number of carbonyl (C=O) groups excluding carboxylic acids is 2. The van der Waals surface area contributed by atoms with E-state index in [9.17, 15) is 19.8 Å². The van der Waals surface area contributed by atoms with E-state index in [1.54, 1.807) is 36.2 Å². The maximum absolute atomic E-state index is 13.2. The molecule has 6 aromatic carbocycles. The van der Waals surface area contributed by atoms with Gasteiger partial charge in [-0.1, -0.05) is 146 Å². The number of hydrogen-bond acceptors (Lipinski definition) is 12. The van der Waals surface area contributed by atoms with Crippen LogP contribution in [0, 0.1) is 0 Å². The second kappa shape index (κ2) is 28.6. The first-order chi connectivity index (χ1) is 37.0. The predicted molar refractivity (Wildman–Crippen MR) is 298 cm³/mol. The number of benzene rings is 6. The highest BCUT2D eigenvalue weighted by Gasteiger charge is 2.39. The van der Waals surface area contributed by atoms with Crippen molar-refractivity contribution in [2.45, 2.75) is 87.4 Å². The minimum Gasteiger partial charge on any atom is -0.497 e. The number of nitrogens with two attached hydrogens (primary N) is 2. The summed E-state index contributed by atoms with van der Waals surface area (Å²) in [5.74, 6) is 1.47. The smallest absolute Gasteiger partial charge is 0.410 e. The van der Waals surface area contributed by atoms with E-state index in [0.717, 1.165) is 56.0 Å². The van der Waals surface area contributed by atoms with Gasteiger partial charge in [-0.05, 0) is 94.5 Å². The van der Waals surface area contributed by atoms with Gasteiger partial charge in [-0.15, -0.1) is 13.2 Å². The number of nitrogens with zero attached hydrogens (tertiary/aromatic N) is 2. The second-order valence-corrected chi connectivity index (χ2v) is 19.2. The number of aliphatic hydroxyl groups excluding tert-OH is 2. The highest BCUT2D eigenvalue weighted by Crippen LogP contribution is 2.45. The Balaban J connectivity index is 0.000000221. The van der Waals surface area contributed by atoms with Crippen molar-refractivity contribution in [3.8, 4) is 11.5 Å². The van der Waals surface area contributed by atoms with E-state index in [0.29, 0.717) is 51.9 Å². The predicted octanol–water partition coefficient (Wildman–Crippen LogP) is 9.05. The minimum absolute atomic E-state index is 0.0992. The fourth-order valence-electron chi connectivity index (χ4n) is 9.92. The topological polar surface area (TPSA) is 194 Å². The molecule has 6 aromatic rings. The standard InChI is InChI=1S/2C31H37N3O4/c2*1-3-16-34(31(36)38-21-23-12-8-5-9-13-23)29-19-28(26-18-24(37-2)14-15-25(26)29)33-20-30(35)27(32)17-22-10-6-4-7-11-22/h2*3-15,18,27-30,33,35H,1,16-17,19-21,32H2,2H3/t27-,28+,29-,30+;27-,28-,29+,30+/m00/s1. The van der Waals surface area contributed by atoms with Gasteiger partial charge in [0, 0.05) is 50.3 Å². The monoisotopic (exact) mass is 1030 g/mol. The molecule has 14 heteroatoms. The molecule has 0 bridgehead atoms. The van der Waals surface area contributed by atoms with Crippen LogP contribution in [-0.2, 0) is 35.5 Å². The van der Waals surface area contributed by atoms with Gasteiger partial charge in [-0.25, -0.2) is 9.59 Å². The van der Waals surface area contributed by atoms with Gasteiger partial charge in [0.05, 0.1) is 38.5 Å². The normalized spacial score (nSPS) is 17.8. The van der Waals surface area contributed by atoms with Gasteiger partial charge in [0.15, 0.2) is 0 Å². The number of nitrogens with one attached hydrogen (secondary N) is 2. The molecule has 76 heavy (non-hydrogen) atoms. The maximum atomic E-state index is 13.2. The van der Waals surface area contributed by atoms with Crippen molar-refractivity contribution in [3.05, 3.63) is 228 Å². The Kier molecular flexibility index (Phi) is 21.2. The van der Waals surface area contributed by atoms with Crippen molar-refractivity contribution >= 4 is 12.2 Å². The van der Waals surface area contributed by atoms with E-state index in [-0.39, 0.29) is 37.4 Å². The van der Waals surface area contributed by atoms with E-state index in [2.05, 4.69) is 23.8 Å². The summed E-state index contributed by atoms with van der Waals surface area (Å²) >= 11 is 0. The molecule has 8 atom stereocenters. The lowest BCUT2D eigenvalue weighted by Gasteiger charge is -2.28. The summed E-state index contributed by atoms with van der Waals surface area (Å²) in [6, 6.07) is 49.4. The highest BCUT2D eigenvalue weighted by molar-refractivity contribution is 5.70. The zero-order chi connectivity index (χ0) is 53.8. The quantitative estimate of drug-likeness (QED) is 0.0316. The summed E-state index contributed by atoms with van der Waals surface area (Å²) in [4.78, 5) is 29.9. The first-order valence-corrected chi connectivity index (χ1v) is 25.9. The van der Waals surface area contributed by atoms with Gasteiger partial charge >= 0.3 is 12.2 Å². The Morgan fingerprint density at radius 2 is 0.895 bits per heavy atom. The number of carbonyl (C=O) groups is 2. The Hall–Kier alpha value is -7.30. The van der Waals surface area contributed by atoms with E-state index in [1.165, 1.54) is 0 Å². The van der Waals surface area contributed by atoms with Gasteiger partial charge in [0.2, 0.25) is 0 Å². The number of aliphatic hydroxyl groups is 2. The molecule has 0 saturated carbocycles. The molecule has 0 fully saturated rings. The van der Waals surface area contributed by atoms with Crippen LogP contribution in [-0.4, -0.2) is 96.9 Å². The molecular weight excluding hydrogens is 957 g/mol. The van der Waals surface area contributed by atoms with Crippen molar-refractivity contribution in [2.24, 2.45) is 11.5 Å². The van der Waals surface area contributed by atoms with Crippen molar-refractivity contribution < 1.29 is 38.7 Å². The zero-order valence-corrected chi connectivity index (χ0v) is 43.7. The van der Waals surface area contributed by atoms with Crippen molar-refractivity contribution in [1.82, 2.24) is 20.4 Å². The Morgan fingerprint density at radius 1 is 0.553 bits per heavy atom. The minimum atomic E-state index is -0.733. The van der Waals surface area contributed by atoms with Gasteiger partial charge in [-0.3, -0.25) is 9.80 Å². The first-order valence-electron chi connectivity index (χ1n) is 25.9. The number of amides is 2. The lowest BCUT2D eigenvalue weighted by Crippen LogP contribution is -2.43. The summed E-state index contributed by atoms with van der Waals surface area (Å²) in [5.41, 5.74) is 20.8. The van der Waals surface area contributed by atoms with Gasteiger partial charge < -0.3 is 51.3 Å². The van der Waals surface area contributed by atoms with Gasteiger partial charge in [0.25, 0.3) is 0 Å². The summed E-state index contributed by atoms with van der Waals surface area (Å²) in [6.07, 6.45) is 3.57. The van der Waals surface area contributed by atoms with Crippen LogP contribution >= 0.6 is 0 Å². The van der Waals surface area contributed by atoms with Crippen LogP contribution in [0.15, 0.2) is 183 Å². The molecule has 0 aliphatic heterocycles. The van der Waals surface area contributed by atoms with E-state index in [4.69, 9.17) is 30.4 Å². The van der Waals surface area contributed by atoms with Crippen LogP contribution in [0.4, 0.5) is 9.59 Å². The van der Waals surface area contributed by atoms with Gasteiger partial charge in [-0.2, -0.15) is 0 Å². The van der Waals surface area contributed by atoms with Crippen molar-refractivity contribution in [2.75, 3.05) is 40.4 Å². The van der Waals surface area contributed by atoms with Crippen molar-refractivity contribution in [1.29, 1.82) is 0 Å². The van der Waals surface area contributed by atoms with Crippen LogP contribution in [0.25, 0.3) is 0 Å². The van der Waals surface area contributed by atoms with E-state index >= 15 is 0 Å². The number of ether oxygens (including phenoxy) is 4. The third kappa shape index (κ3) is 15.4. The lowest BCUT2D eigenvalue weighted by atomic mass is 10.0. The van der Waals surface area contributed by atoms with Gasteiger partial charge in [0.1, 0.15) is 24.7 Å². The van der Waals surface area contributed by atoms with E-state index < -0.39 is 36.5 Å². The molecule has 0 saturated heterocycles. The highest BCUT2D eigenvalue weighted by atomic mass is 16.6. The van der Waals surface area contributed by atoms with Crippen molar-refractivity contribution in [3.63, 3.8) is 0 Å². The zero-order valence-electron chi connectivity index (χ0n) is 43.7. The third-order valence-corrected chi connectivity index (χ3v) is 14.0. The number of hydrogen-bond donors (Lipinski definition) is 6. The van der Waals surface area contributed by atoms with Crippen LogP contribution in [0.3, 0.4) is 0 Å². The molecule has 2 amide bonds. The first kappa shape index (κ1) is 56.4. The Bertz CT molecular complexity index is 2560. The summed E-state index contributed by atoms with van der Waals surface area (Å²) in [5, 5.41) is 28.6. The maximum Gasteiger partial charge on any atom is 0.410 e. The van der Waals surface area contributed by atoms with Crippen LogP contribution in [0.1, 0.15) is 81.5 Å². The lowest BCUT2D eigenvalue weighted by molar-refractivity contribution is 0.0823. The summed E-state index contributed by atoms with van der Waals surface area (Å²) in [7, 11) is 3.27. The molecule has 0 heterocycles. The average molecular weight is 1030 g/mol. The molecule has 0 unspecified atom stereocenters. The number of methoxy groups -OCH3 is 2. The fraction of sp³-hybridized carbons (Fsp3) is 0.323. The molecular formula is C62H74N6O8. The third-order valence-electron chi connectivity index (χ3n) is 14.0. The summed E-state index contributed by atoms with van der Waals surface area (Å²) in [6.45, 7) is 9.45. The molecule has 8 rings (SSSR count). The molecule has 400 valence electrons. The summed E-state index contributed by atoms with van der Waals surface area (Å²) < 4.78 is 22.3. The number of rotatable bonds is 24. The molecule has 2 aliphatic carbocycles. The Morgan fingerprint density at radius 3 is 1.22 bits per heavy atom.